The molecule has 0 saturated heterocycles. The third-order valence-corrected chi connectivity index (χ3v) is 4.78. The molecule has 0 aliphatic heterocycles. The Morgan fingerprint density at radius 3 is 2.45 bits per heavy atom. The third-order valence-electron chi connectivity index (χ3n) is 4.78. The lowest BCUT2D eigenvalue weighted by Crippen LogP contribution is -2.92. The molecule has 0 amide bonds. The van der Waals surface area contributed by atoms with Crippen LogP contribution in [0.15, 0.2) is 12.1 Å². The molecule has 4 heteroatoms. The van der Waals surface area contributed by atoms with Crippen LogP contribution in [0.4, 0.5) is 0 Å². The van der Waals surface area contributed by atoms with Gasteiger partial charge in [0.05, 0.1) is 12.1 Å². The smallest absolute Gasteiger partial charge is 0.137 e. The minimum absolute atomic E-state index is 0.120. The molecule has 1 aromatic carbocycles. The van der Waals surface area contributed by atoms with Crippen molar-refractivity contribution in [3.05, 3.63) is 28.8 Å². The lowest BCUT2D eigenvalue weighted by molar-refractivity contribution is -0.697. The number of aryl methyl sites for hydroxylation is 2. The first-order valence-electron chi connectivity index (χ1n) is 8.36. The molecule has 4 nitrogen and oxygen atoms in total. The van der Waals surface area contributed by atoms with Gasteiger partial charge in [-0.3, -0.25) is 0 Å². The molecule has 22 heavy (non-hydrogen) atoms. The molecule has 0 aromatic heterocycles. The summed E-state index contributed by atoms with van der Waals surface area (Å²) < 4.78 is 5.86. The van der Waals surface area contributed by atoms with E-state index in [9.17, 15) is 10.2 Å². The Kier molecular flexibility index (Phi) is 6.24. The zero-order valence-corrected chi connectivity index (χ0v) is 14.0. The van der Waals surface area contributed by atoms with Gasteiger partial charge in [0.25, 0.3) is 0 Å². The summed E-state index contributed by atoms with van der Waals surface area (Å²) in [7, 11) is 0. The highest BCUT2D eigenvalue weighted by molar-refractivity contribution is 5.44. The summed E-state index contributed by atoms with van der Waals surface area (Å²) >= 11 is 0. The van der Waals surface area contributed by atoms with Crippen molar-refractivity contribution in [2.24, 2.45) is 0 Å². The van der Waals surface area contributed by atoms with Crippen molar-refractivity contribution in [3.8, 4) is 5.75 Å². The average molecular weight is 308 g/mol. The molecule has 1 aromatic rings. The Morgan fingerprint density at radius 2 is 1.77 bits per heavy atom. The first-order valence-corrected chi connectivity index (χ1v) is 8.36. The van der Waals surface area contributed by atoms with Crippen LogP contribution in [0.25, 0.3) is 0 Å². The number of hydrogen-bond acceptors (Lipinski definition) is 3. The number of ether oxygens (including phenoxy) is 1. The predicted octanol–water partition coefficient (Wildman–Crippen LogP) is 1.22. The van der Waals surface area contributed by atoms with E-state index in [0.29, 0.717) is 19.2 Å². The van der Waals surface area contributed by atoms with Gasteiger partial charge in [0, 0.05) is 12.8 Å². The fraction of sp³-hybridized carbons (Fsp3) is 0.667. The van der Waals surface area contributed by atoms with Gasteiger partial charge in [0.15, 0.2) is 0 Å². The molecule has 1 saturated carbocycles. The molecule has 1 aliphatic carbocycles. The zero-order valence-electron chi connectivity index (χ0n) is 14.0. The number of nitrogens with two attached hydrogens (primary N) is 1. The fourth-order valence-electron chi connectivity index (χ4n) is 3.08. The number of benzene rings is 1. The SMILES string of the molecule is Cc1ccc(C)c(OC[C@@H](O)C[NH2+]C2CCC(O)CC2)c1C. The van der Waals surface area contributed by atoms with Crippen molar-refractivity contribution in [2.45, 2.75) is 64.7 Å². The Balaban J connectivity index is 1.76. The number of rotatable bonds is 6. The molecular weight excluding hydrogens is 278 g/mol. The van der Waals surface area contributed by atoms with Crippen LogP contribution in [0, 0.1) is 20.8 Å². The summed E-state index contributed by atoms with van der Waals surface area (Å²) in [4.78, 5) is 0. The number of aliphatic hydroxyl groups is 2. The molecule has 4 N–H and O–H groups in total. The van der Waals surface area contributed by atoms with E-state index in [-0.39, 0.29) is 6.10 Å². The van der Waals surface area contributed by atoms with E-state index in [4.69, 9.17) is 4.74 Å². The first-order chi connectivity index (χ1) is 10.5. The van der Waals surface area contributed by atoms with Crippen LogP contribution in [0.1, 0.15) is 42.4 Å². The van der Waals surface area contributed by atoms with Gasteiger partial charge in [-0.2, -0.15) is 0 Å². The van der Waals surface area contributed by atoms with Crippen molar-refractivity contribution in [2.75, 3.05) is 13.2 Å². The molecule has 0 spiro atoms. The second-order valence-electron chi connectivity index (χ2n) is 6.66. The zero-order chi connectivity index (χ0) is 16.1. The molecule has 0 radical (unpaired) electrons. The minimum atomic E-state index is -0.467. The van der Waals surface area contributed by atoms with Gasteiger partial charge in [-0.05, 0) is 50.3 Å². The summed E-state index contributed by atoms with van der Waals surface area (Å²) in [6.07, 6.45) is 3.25. The maximum atomic E-state index is 10.1. The molecule has 1 aliphatic rings. The first kappa shape index (κ1) is 17.3. The molecular formula is C18H30NO3+. The van der Waals surface area contributed by atoms with Crippen LogP contribution < -0.4 is 10.1 Å². The number of quaternary nitrogens is 1. The van der Waals surface area contributed by atoms with Gasteiger partial charge >= 0.3 is 0 Å². The maximum Gasteiger partial charge on any atom is 0.137 e. The van der Waals surface area contributed by atoms with Crippen LogP contribution >= 0.6 is 0 Å². The van der Waals surface area contributed by atoms with Crippen LogP contribution in [0.2, 0.25) is 0 Å². The van der Waals surface area contributed by atoms with E-state index in [2.05, 4.69) is 31.3 Å². The molecule has 0 unspecified atom stereocenters. The second kappa shape index (κ2) is 7.95. The van der Waals surface area contributed by atoms with E-state index in [0.717, 1.165) is 42.6 Å². The molecule has 0 heterocycles. The molecule has 124 valence electrons. The summed E-state index contributed by atoms with van der Waals surface area (Å²) in [5, 5.41) is 21.8. The molecule has 1 atom stereocenters. The highest BCUT2D eigenvalue weighted by Crippen LogP contribution is 2.25. The van der Waals surface area contributed by atoms with Crippen LogP contribution in [-0.4, -0.2) is 41.6 Å². The molecule has 1 fully saturated rings. The maximum absolute atomic E-state index is 10.1. The van der Waals surface area contributed by atoms with Gasteiger partial charge in [-0.25, -0.2) is 0 Å². The van der Waals surface area contributed by atoms with E-state index < -0.39 is 6.10 Å². The van der Waals surface area contributed by atoms with Crippen molar-refractivity contribution in [1.82, 2.24) is 0 Å². The van der Waals surface area contributed by atoms with Gasteiger partial charge in [0.2, 0.25) is 0 Å². The Morgan fingerprint density at radius 1 is 1.14 bits per heavy atom. The standard InChI is InChI=1S/C18H29NO3/c1-12-4-5-13(2)18(14(12)3)22-11-17(21)10-19-15-6-8-16(20)9-7-15/h4-5,15-17,19-21H,6-11H2,1-3H3/p+1/t15?,16?,17-/m0/s1. The predicted molar refractivity (Wildman–Crippen MR) is 87.2 cm³/mol. The second-order valence-corrected chi connectivity index (χ2v) is 6.66. The van der Waals surface area contributed by atoms with Crippen molar-refractivity contribution >= 4 is 0 Å². The summed E-state index contributed by atoms with van der Waals surface area (Å²) in [6.45, 7) is 7.15. The van der Waals surface area contributed by atoms with E-state index in [1.165, 1.54) is 5.56 Å². The third kappa shape index (κ3) is 4.70. The largest absolute Gasteiger partial charge is 0.490 e. The highest BCUT2D eigenvalue weighted by atomic mass is 16.5. The fourth-order valence-corrected chi connectivity index (χ4v) is 3.08. The van der Waals surface area contributed by atoms with Gasteiger partial charge in [0.1, 0.15) is 25.0 Å². The van der Waals surface area contributed by atoms with E-state index in [1.54, 1.807) is 0 Å². The molecule has 0 bridgehead atoms. The van der Waals surface area contributed by atoms with Crippen LogP contribution in [0.5, 0.6) is 5.75 Å². The van der Waals surface area contributed by atoms with E-state index in [1.807, 2.05) is 6.92 Å². The Bertz CT molecular complexity index is 481. The Labute approximate surface area is 133 Å². The summed E-state index contributed by atoms with van der Waals surface area (Å²) in [5.74, 6) is 0.903. The van der Waals surface area contributed by atoms with Crippen molar-refractivity contribution in [1.29, 1.82) is 0 Å². The topological polar surface area (TPSA) is 66.3 Å². The van der Waals surface area contributed by atoms with Gasteiger partial charge in [-0.1, -0.05) is 12.1 Å². The molecule has 2 rings (SSSR count). The van der Waals surface area contributed by atoms with Crippen molar-refractivity contribution in [3.63, 3.8) is 0 Å². The number of aliphatic hydroxyl groups excluding tert-OH is 2. The quantitative estimate of drug-likeness (QED) is 0.740. The Hall–Kier alpha value is -1.10. The van der Waals surface area contributed by atoms with Gasteiger partial charge < -0.3 is 20.3 Å². The highest BCUT2D eigenvalue weighted by Gasteiger charge is 2.22. The monoisotopic (exact) mass is 308 g/mol. The summed E-state index contributed by atoms with van der Waals surface area (Å²) in [6, 6.07) is 4.68. The summed E-state index contributed by atoms with van der Waals surface area (Å²) in [5.41, 5.74) is 3.47. The van der Waals surface area contributed by atoms with E-state index >= 15 is 0 Å². The van der Waals surface area contributed by atoms with Gasteiger partial charge in [-0.15, -0.1) is 0 Å². The lowest BCUT2D eigenvalue weighted by Gasteiger charge is -2.24. The van der Waals surface area contributed by atoms with Crippen molar-refractivity contribution < 1.29 is 20.3 Å². The average Bonchev–Trinajstić information content (AvgIpc) is 2.50. The number of hydrogen-bond donors (Lipinski definition) is 3. The minimum Gasteiger partial charge on any atom is -0.490 e. The lowest BCUT2D eigenvalue weighted by atomic mass is 9.93. The van der Waals surface area contributed by atoms with Crippen LogP contribution in [-0.2, 0) is 0 Å². The van der Waals surface area contributed by atoms with Crippen LogP contribution in [0.3, 0.4) is 0 Å². The normalized spacial score (nSPS) is 23.3.